The van der Waals surface area contributed by atoms with Crippen LogP contribution in [-0.4, -0.2) is 66.3 Å². The summed E-state index contributed by atoms with van der Waals surface area (Å²) in [5.41, 5.74) is 0.270. The Labute approximate surface area is 201 Å². The minimum absolute atomic E-state index is 0.105. The number of methoxy groups -OCH3 is 2. The van der Waals surface area contributed by atoms with Crippen molar-refractivity contribution in [2.75, 3.05) is 27.4 Å². The van der Waals surface area contributed by atoms with Crippen LogP contribution < -0.4 is 14.8 Å². The van der Waals surface area contributed by atoms with Gasteiger partial charge in [-0.2, -0.15) is 0 Å². The number of aromatic nitrogens is 1. The van der Waals surface area contributed by atoms with Gasteiger partial charge in [0, 0.05) is 24.6 Å². The number of amides is 2. The van der Waals surface area contributed by atoms with Crippen LogP contribution in [-0.2, 0) is 16.1 Å². The molecule has 1 atom stereocenters. The molecule has 186 valence electrons. The Kier molecular flexibility index (Phi) is 7.07. The van der Waals surface area contributed by atoms with Gasteiger partial charge in [-0.05, 0) is 58.2 Å². The summed E-state index contributed by atoms with van der Waals surface area (Å²) in [5.74, 6) is 1.04. The molecule has 1 aromatic heterocycles. The molecular weight excluding hydrogens is 434 g/mol. The van der Waals surface area contributed by atoms with E-state index < -0.39 is 5.54 Å². The standard InChI is InChI=1S/C26H37N3O5/c1-17(2)34-14-8-13-29-24(30)20-15-19-21(32-4)11-12-22(33-5)23(19)28(20)16-26(29,3)25(31)27-18-9-6-7-10-18/h11-12,15,17-18H,6-10,13-14,16H2,1-5H3,(H,27,31)/t26-/m1/s1. The highest BCUT2D eigenvalue weighted by molar-refractivity contribution is 6.05. The molecule has 2 heterocycles. The molecule has 0 bridgehead atoms. The highest BCUT2D eigenvalue weighted by atomic mass is 16.5. The van der Waals surface area contributed by atoms with Gasteiger partial charge in [0.05, 0.1) is 32.4 Å². The molecule has 2 aromatic rings. The van der Waals surface area contributed by atoms with E-state index >= 15 is 0 Å². The van der Waals surface area contributed by atoms with Gasteiger partial charge in [0.2, 0.25) is 5.91 Å². The molecule has 1 saturated carbocycles. The fraction of sp³-hybridized carbons (Fsp3) is 0.615. The Hall–Kier alpha value is -2.74. The number of ether oxygens (including phenoxy) is 3. The van der Waals surface area contributed by atoms with E-state index in [1.165, 1.54) is 0 Å². The van der Waals surface area contributed by atoms with E-state index in [0.717, 1.165) is 36.6 Å². The highest BCUT2D eigenvalue weighted by Crippen LogP contribution is 2.40. The van der Waals surface area contributed by atoms with Gasteiger partial charge < -0.3 is 29.0 Å². The summed E-state index contributed by atoms with van der Waals surface area (Å²) < 4.78 is 18.8. The fourth-order valence-electron chi connectivity index (χ4n) is 5.26. The molecule has 2 aliphatic rings. The second-order valence-electron chi connectivity index (χ2n) is 9.81. The van der Waals surface area contributed by atoms with Crippen LogP contribution in [0.1, 0.15) is 63.4 Å². The van der Waals surface area contributed by atoms with E-state index in [1.807, 2.05) is 43.5 Å². The zero-order valence-corrected chi connectivity index (χ0v) is 21.0. The number of nitrogens with one attached hydrogen (secondary N) is 1. The number of benzene rings is 1. The molecule has 1 N–H and O–H groups in total. The van der Waals surface area contributed by atoms with Crippen molar-refractivity contribution in [3.05, 3.63) is 23.9 Å². The molecule has 0 radical (unpaired) electrons. The predicted octanol–water partition coefficient (Wildman–Crippen LogP) is 3.75. The Bertz CT molecular complexity index is 1060. The van der Waals surface area contributed by atoms with Gasteiger partial charge in [-0.25, -0.2) is 0 Å². The third kappa shape index (κ3) is 4.35. The van der Waals surface area contributed by atoms with E-state index in [1.54, 1.807) is 19.1 Å². The van der Waals surface area contributed by atoms with Crippen molar-refractivity contribution in [1.82, 2.24) is 14.8 Å². The van der Waals surface area contributed by atoms with Crippen molar-refractivity contribution in [3.63, 3.8) is 0 Å². The lowest BCUT2D eigenvalue weighted by Crippen LogP contribution is -2.65. The first-order chi connectivity index (χ1) is 16.3. The van der Waals surface area contributed by atoms with Crippen molar-refractivity contribution in [2.24, 2.45) is 0 Å². The van der Waals surface area contributed by atoms with E-state index in [9.17, 15) is 9.59 Å². The average molecular weight is 472 g/mol. The largest absolute Gasteiger partial charge is 0.496 e. The van der Waals surface area contributed by atoms with Crippen molar-refractivity contribution in [3.8, 4) is 11.5 Å². The van der Waals surface area contributed by atoms with Crippen molar-refractivity contribution < 1.29 is 23.8 Å². The quantitative estimate of drug-likeness (QED) is 0.564. The Morgan fingerprint density at radius 1 is 1.18 bits per heavy atom. The second kappa shape index (κ2) is 9.86. The zero-order chi connectivity index (χ0) is 24.5. The molecule has 1 fully saturated rings. The molecule has 2 amide bonds. The smallest absolute Gasteiger partial charge is 0.271 e. The molecule has 8 nitrogen and oxygen atoms in total. The number of carbonyl (C=O) groups is 2. The lowest BCUT2D eigenvalue weighted by molar-refractivity contribution is -0.133. The van der Waals surface area contributed by atoms with Crippen LogP contribution in [0.4, 0.5) is 0 Å². The zero-order valence-electron chi connectivity index (χ0n) is 21.0. The van der Waals surface area contributed by atoms with Crippen LogP contribution in [0.15, 0.2) is 18.2 Å². The van der Waals surface area contributed by atoms with E-state index in [4.69, 9.17) is 14.2 Å². The third-order valence-corrected chi connectivity index (χ3v) is 7.10. The summed E-state index contributed by atoms with van der Waals surface area (Å²) >= 11 is 0. The minimum atomic E-state index is -1.04. The lowest BCUT2D eigenvalue weighted by atomic mass is 9.93. The lowest BCUT2D eigenvalue weighted by Gasteiger charge is -2.44. The number of carbonyl (C=O) groups excluding carboxylic acids is 2. The van der Waals surface area contributed by atoms with Crippen LogP contribution in [0.5, 0.6) is 11.5 Å². The molecule has 34 heavy (non-hydrogen) atoms. The number of hydrogen-bond donors (Lipinski definition) is 1. The van der Waals surface area contributed by atoms with E-state index in [-0.39, 0.29) is 24.0 Å². The topological polar surface area (TPSA) is 82.0 Å². The van der Waals surface area contributed by atoms with Gasteiger partial charge >= 0.3 is 0 Å². The first-order valence-electron chi connectivity index (χ1n) is 12.3. The van der Waals surface area contributed by atoms with Crippen LogP contribution in [0.25, 0.3) is 10.9 Å². The number of fused-ring (bicyclic) bond motifs is 3. The van der Waals surface area contributed by atoms with E-state index in [2.05, 4.69) is 5.32 Å². The molecule has 0 unspecified atom stereocenters. The van der Waals surface area contributed by atoms with Crippen molar-refractivity contribution in [1.29, 1.82) is 0 Å². The Morgan fingerprint density at radius 3 is 2.50 bits per heavy atom. The van der Waals surface area contributed by atoms with Crippen LogP contribution >= 0.6 is 0 Å². The van der Waals surface area contributed by atoms with E-state index in [0.29, 0.717) is 43.3 Å². The van der Waals surface area contributed by atoms with Crippen LogP contribution in [0, 0.1) is 0 Å². The summed E-state index contributed by atoms with van der Waals surface area (Å²) in [7, 11) is 3.22. The number of hydrogen-bond acceptors (Lipinski definition) is 5. The molecule has 1 aliphatic heterocycles. The molecular formula is C26H37N3O5. The second-order valence-corrected chi connectivity index (χ2v) is 9.81. The summed E-state index contributed by atoms with van der Waals surface area (Å²) in [6.45, 7) is 7.17. The fourth-order valence-corrected chi connectivity index (χ4v) is 5.26. The molecule has 0 spiro atoms. The Balaban J connectivity index is 1.75. The van der Waals surface area contributed by atoms with Crippen molar-refractivity contribution >= 4 is 22.7 Å². The first-order valence-corrected chi connectivity index (χ1v) is 12.3. The van der Waals surface area contributed by atoms with Crippen LogP contribution in [0.2, 0.25) is 0 Å². The van der Waals surface area contributed by atoms with Crippen molar-refractivity contribution in [2.45, 2.75) is 77.1 Å². The minimum Gasteiger partial charge on any atom is -0.496 e. The summed E-state index contributed by atoms with van der Waals surface area (Å²) in [5, 5.41) is 4.04. The van der Waals surface area contributed by atoms with Gasteiger partial charge in [0.25, 0.3) is 5.91 Å². The Morgan fingerprint density at radius 2 is 1.85 bits per heavy atom. The maximum Gasteiger partial charge on any atom is 0.271 e. The third-order valence-electron chi connectivity index (χ3n) is 7.10. The molecule has 1 aromatic carbocycles. The normalized spacial score (nSPS) is 20.8. The molecule has 4 rings (SSSR count). The molecule has 1 aliphatic carbocycles. The number of nitrogens with zero attached hydrogens (tertiary/aromatic N) is 2. The average Bonchev–Trinajstić information content (AvgIpc) is 3.45. The first kappa shape index (κ1) is 24.4. The SMILES string of the molecule is COc1ccc(OC)c2c1cc1n2C[C@](C)(C(=O)NC2CCCC2)N(CCCOC(C)C)C1=O. The van der Waals surface area contributed by atoms with Gasteiger partial charge in [-0.3, -0.25) is 9.59 Å². The maximum atomic E-state index is 13.9. The summed E-state index contributed by atoms with van der Waals surface area (Å²) in [4.78, 5) is 29.3. The molecule has 8 heteroatoms. The van der Waals surface area contributed by atoms with Gasteiger partial charge in [-0.15, -0.1) is 0 Å². The van der Waals surface area contributed by atoms with Gasteiger partial charge in [-0.1, -0.05) is 12.8 Å². The molecule has 0 saturated heterocycles. The van der Waals surface area contributed by atoms with Gasteiger partial charge in [0.15, 0.2) is 0 Å². The summed E-state index contributed by atoms with van der Waals surface area (Å²) in [6.07, 6.45) is 5.00. The summed E-state index contributed by atoms with van der Waals surface area (Å²) in [6, 6.07) is 5.70. The highest BCUT2D eigenvalue weighted by Gasteiger charge is 2.48. The van der Waals surface area contributed by atoms with Gasteiger partial charge in [0.1, 0.15) is 22.7 Å². The number of rotatable bonds is 9. The monoisotopic (exact) mass is 471 g/mol. The predicted molar refractivity (Wildman–Crippen MR) is 131 cm³/mol. The van der Waals surface area contributed by atoms with Crippen LogP contribution in [0.3, 0.4) is 0 Å². The maximum absolute atomic E-state index is 13.9.